The zero-order valence-corrected chi connectivity index (χ0v) is 23.1. The number of benzene rings is 2. The molecular weight excluding hydrogens is 545 g/mol. The van der Waals surface area contributed by atoms with Gasteiger partial charge in [-0.1, -0.05) is 12.1 Å². The lowest BCUT2D eigenvalue weighted by atomic mass is 10.2. The molecule has 2 saturated heterocycles. The van der Waals surface area contributed by atoms with Crippen molar-refractivity contribution >= 4 is 95.7 Å². The van der Waals surface area contributed by atoms with Crippen LogP contribution in [0.25, 0.3) is 20.4 Å². The maximum Gasteiger partial charge on any atom is 0.162 e. The van der Waals surface area contributed by atoms with Crippen LogP contribution < -0.4 is 9.80 Å². The zero-order valence-electron chi connectivity index (χ0n) is 18.2. The minimum atomic E-state index is 0.783. The molecule has 0 saturated carbocycles. The van der Waals surface area contributed by atoms with Gasteiger partial charge in [0.2, 0.25) is 0 Å². The van der Waals surface area contributed by atoms with Crippen LogP contribution >= 0.6 is 63.9 Å². The van der Waals surface area contributed by atoms with Crippen LogP contribution in [0.3, 0.4) is 0 Å². The molecule has 4 aromatic rings. The lowest BCUT2D eigenvalue weighted by molar-refractivity contribution is 0.122. The van der Waals surface area contributed by atoms with Gasteiger partial charge in [0.25, 0.3) is 0 Å². The average molecular weight is 567 g/mol. The summed E-state index contributed by atoms with van der Waals surface area (Å²) in [4.78, 5) is 14.7. The second kappa shape index (κ2) is 11.0. The van der Waals surface area contributed by atoms with Crippen LogP contribution in [-0.4, -0.2) is 62.6 Å². The largest absolute Gasteiger partial charge is 0.378 e. The summed E-state index contributed by atoms with van der Waals surface area (Å²) >= 11 is 3.53. The molecule has 12 heteroatoms. The molecule has 0 amide bonds. The van der Waals surface area contributed by atoms with E-state index in [4.69, 9.17) is 19.4 Å². The molecule has 0 spiro atoms. The maximum absolute atomic E-state index is 5.51. The predicted octanol–water partition coefficient (Wildman–Crippen LogP) is 6.68. The number of morpholine rings is 2. The van der Waals surface area contributed by atoms with Crippen LogP contribution in [0, 0.1) is 0 Å². The number of aromatic nitrogens is 2. The lowest BCUT2D eigenvalue weighted by Gasteiger charge is -2.28. The van der Waals surface area contributed by atoms with Gasteiger partial charge in [-0.05, 0) is 65.5 Å². The van der Waals surface area contributed by atoms with E-state index in [2.05, 4.69) is 46.2 Å². The number of ether oxygens (including phenoxy) is 2. The van der Waals surface area contributed by atoms with Crippen molar-refractivity contribution in [1.82, 2.24) is 9.97 Å². The van der Waals surface area contributed by atoms with Crippen LogP contribution in [0.15, 0.2) is 45.1 Å². The van der Waals surface area contributed by atoms with Crippen molar-refractivity contribution in [2.75, 3.05) is 62.4 Å². The van der Waals surface area contributed by atoms with Crippen molar-refractivity contribution in [1.29, 1.82) is 0 Å². The minimum Gasteiger partial charge on any atom is -0.378 e. The average Bonchev–Trinajstić information content (AvgIpc) is 3.51. The van der Waals surface area contributed by atoms with Crippen LogP contribution in [0.2, 0.25) is 0 Å². The third kappa shape index (κ3) is 5.15. The second-order valence-corrected chi connectivity index (χ2v) is 15.9. The molecule has 6 rings (SSSR count). The summed E-state index contributed by atoms with van der Waals surface area (Å²) in [7, 11) is 6.96. The Bertz CT molecular complexity index is 1170. The third-order valence-electron chi connectivity index (χ3n) is 5.70. The van der Waals surface area contributed by atoms with Gasteiger partial charge in [-0.15, -0.1) is 22.7 Å². The molecule has 2 aliphatic rings. The van der Waals surface area contributed by atoms with E-state index in [1.807, 2.05) is 0 Å². The van der Waals surface area contributed by atoms with E-state index < -0.39 is 0 Å². The molecule has 4 heterocycles. The molecular formula is C22H22N4O2S6. The van der Waals surface area contributed by atoms with Crippen LogP contribution in [0.4, 0.5) is 11.4 Å². The van der Waals surface area contributed by atoms with Gasteiger partial charge in [0.1, 0.15) is 11.0 Å². The van der Waals surface area contributed by atoms with Crippen molar-refractivity contribution in [2.45, 2.75) is 8.68 Å². The first-order valence-corrected chi connectivity index (χ1v) is 17.4. The summed E-state index contributed by atoms with van der Waals surface area (Å²) in [6.07, 6.45) is 0. The molecule has 0 N–H and O–H groups in total. The van der Waals surface area contributed by atoms with Crippen LogP contribution in [0.1, 0.15) is 0 Å². The number of rotatable bonds is 7. The topological polar surface area (TPSA) is 50.7 Å². The highest BCUT2D eigenvalue weighted by atomic mass is 33.7. The summed E-state index contributed by atoms with van der Waals surface area (Å²) in [5.74, 6) is 0. The quantitative estimate of drug-likeness (QED) is 0.179. The third-order valence-corrected chi connectivity index (χ3v) is 14.4. The molecule has 0 atom stereocenters. The van der Waals surface area contributed by atoms with Crippen molar-refractivity contribution < 1.29 is 9.47 Å². The Labute approximate surface area is 221 Å². The molecule has 0 bridgehead atoms. The zero-order chi connectivity index (χ0) is 22.7. The number of para-hydroxylation sites is 2. The van der Waals surface area contributed by atoms with Gasteiger partial charge in [0.15, 0.2) is 8.68 Å². The van der Waals surface area contributed by atoms with E-state index in [9.17, 15) is 0 Å². The Kier molecular flexibility index (Phi) is 7.64. The Morgan fingerprint density at radius 3 is 1.53 bits per heavy atom. The summed E-state index contributed by atoms with van der Waals surface area (Å²) in [6.45, 7) is 6.84. The molecule has 2 aromatic carbocycles. The molecule has 2 fully saturated rings. The fourth-order valence-corrected chi connectivity index (χ4v) is 12.7. The number of fused-ring (bicyclic) bond motifs is 2. The number of anilines is 2. The molecule has 6 nitrogen and oxygen atoms in total. The highest BCUT2D eigenvalue weighted by molar-refractivity contribution is 9.26. The highest BCUT2D eigenvalue weighted by Crippen LogP contribution is 2.52. The SMILES string of the molecule is c1cc(N2CCOCC2)c2nc(SSSSc3nc4c(N5CCOCC5)cccc4s3)sc2c1. The molecule has 34 heavy (non-hydrogen) atoms. The van der Waals surface area contributed by atoms with Crippen molar-refractivity contribution in [3.63, 3.8) is 0 Å². The van der Waals surface area contributed by atoms with Crippen LogP contribution in [0.5, 0.6) is 0 Å². The Morgan fingerprint density at radius 2 is 1.09 bits per heavy atom. The number of nitrogens with zero attached hydrogens (tertiary/aromatic N) is 4. The molecule has 0 radical (unpaired) electrons. The molecule has 178 valence electrons. The van der Waals surface area contributed by atoms with Gasteiger partial charge < -0.3 is 19.3 Å². The predicted molar refractivity (Wildman–Crippen MR) is 152 cm³/mol. The molecule has 2 aliphatic heterocycles. The number of thiazole rings is 2. The van der Waals surface area contributed by atoms with Gasteiger partial charge in [-0.3, -0.25) is 0 Å². The Balaban J connectivity index is 1.09. The smallest absolute Gasteiger partial charge is 0.162 e. The minimum absolute atomic E-state index is 0.783. The molecule has 2 aromatic heterocycles. The first-order chi connectivity index (χ1) is 16.8. The monoisotopic (exact) mass is 566 g/mol. The van der Waals surface area contributed by atoms with Gasteiger partial charge in [-0.2, -0.15) is 0 Å². The van der Waals surface area contributed by atoms with Gasteiger partial charge in [0.05, 0.1) is 47.2 Å². The summed E-state index contributed by atoms with van der Waals surface area (Å²) in [6, 6.07) is 13.0. The van der Waals surface area contributed by atoms with Crippen LogP contribution in [-0.2, 0) is 9.47 Å². The van der Waals surface area contributed by atoms with E-state index >= 15 is 0 Å². The first-order valence-electron chi connectivity index (χ1n) is 11.0. The van der Waals surface area contributed by atoms with E-state index in [1.54, 1.807) is 63.9 Å². The van der Waals surface area contributed by atoms with Crippen molar-refractivity contribution in [2.24, 2.45) is 0 Å². The number of hydrogen-bond donors (Lipinski definition) is 0. The van der Waals surface area contributed by atoms with E-state index in [1.165, 1.54) is 20.8 Å². The van der Waals surface area contributed by atoms with Gasteiger partial charge in [0, 0.05) is 26.2 Å². The fraction of sp³-hybridized carbons (Fsp3) is 0.364. The van der Waals surface area contributed by atoms with E-state index in [0.717, 1.165) is 72.3 Å². The van der Waals surface area contributed by atoms with E-state index in [-0.39, 0.29) is 0 Å². The van der Waals surface area contributed by atoms with Crippen molar-refractivity contribution in [3.05, 3.63) is 36.4 Å². The maximum atomic E-state index is 5.51. The van der Waals surface area contributed by atoms with Gasteiger partial charge in [-0.25, -0.2) is 9.97 Å². The summed E-state index contributed by atoms with van der Waals surface area (Å²) in [5, 5.41) is 0. The second-order valence-electron chi connectivity index (χ2n) is 7.71. The Morgan fingerprint density at radius 1 is 0.647 bits per heavy atom. The molecule has 0 aliphatic carbocycles. The molecule has 0 unspecified atom stereocenters. The first kappa shape index (κ1) is 23.5. The lowest BCUT2D eigenvalue weighted by Crippen LogP contribution is -2.36. The van der Waals surface area contributed by atoms with Gasteiger partial charge >= 0.3 is 0 Å². The normalized spacial score (nSPS) is 17.2. The standard InChI is InChI=1S/C22H22N4O2S6/c1-3-15(25-7-11-27-12-8-25)19-17(5-1)29-21(23-19)31-33-34-32-22-24-20-16(4-2-6-18(20)30-22)26-9-13-28-14-10-26/h1-6H,7-14H2. The van der Waals surface area contributed by atoms with Crippen molar-refractivity contribution in [3.8, 4) is 0 Å². The summed E-state index contributed by atoms with van der Waals surface area (Å²) in [5.41, 5.74) is 4.66. The number of hydrogen-bond acceptors (Lipinski definition) is 12. The fourth-order valence-electron chi connectivity index (χ4n) is 4.10. The highest BCUT2D eigenvalue weighted by Gasteiger charge is 2.18. The summed E-state index contributed by atoms with van der Waals surface area (Å²) < 4.78 is 15.7. The Hall–Kier alpha value is -0.860. The van der Waals surface area contributed by atoms with E-state index in [0.29, 0.717) is 0 Å².